The Labute approximate surface area is 158 Å². The number of ether oxygens (including phenoxy) is 1. The van der Waals surface area contributed by atoms with E-state index in [0.717, 1.165) is 29.1 Å². The molecule has 138 valence electrons. The highest BCUT2D eigenvalue weighted by atomic mass is 16.5. The van der Waals surface area contributed by atoms with Crippen LogP contribution in [0.5, 0.6) is 5.75 Å². The fraction of sp³-hybridized carbons (Fsp3) is 0.333. The first kappa shape index (κ1) is 16.2. The molecule has 0 amide bonds. The van der Waals surface area contributed by atoms with E-state index in [1.165, 1.54) is 18.4 Å². The van der Waals surface area contributed by atoms with Crippen molar-refractivity contribution in [3.63, 3.8) is 0 Å². The molecule has 1 aliphatic heterocycles. The number of nitrogens with one attached hydrogen (secondary N) is 1. The number of fused-ring (bicyclic) bond motifs is 2. The summed E-state index contributed by atoms with van der Waals surface area (Å²) < 4.78 is 8.04. The van der Waals surface area contributed by atoms with Crippen LogP contribution in [0.15, 0.2) is 53.5 Å². The number of hydrogen-bond acceptors (Lipinski definition) is 3. The third kappa shape index (κ3) is 3.12. The molecule has 6 heteroatoms. The Kier molecular flexibility index (Phi) is 3.96. The van der Waals surface area contributed by atoms with Crippen molar-refractivity contribution in [3.05, 3.63) is 59.9 Å². The second-order valence-electron chi connectivity index (χ2n) is 7.19. The average molecular weight is 361 g/mol. The molecule has 3 N–H and O–H groups in total. The minimum absolute atomic E-state index is 0.126. The van der Waals surface area contributed by atoms with Gasteiger partial charge in [0.25, 0.3) is 0 Å². The van der Waals surface area contributed by atoms with E-state index in [2.05, 4.69) is 39.1 Å². The maximum absolute atomic E-state index is 6.21. The topological polar surface area (TPSA) is 77.5 Å². The number of aliphatic imine (C=N–C) groups is 1. The standard InChI is InChI=1S/C21H23N5O/c22-21(25-16-11-12-27-19-8-4-1-5-15(16)19)23-13-20-24-17-6-2-3-7-18(17)26(20)14-9-10-14/h1-8,14,16H,9-13H2,(H3,22,23,25). The summed E-state index contributed by atoms with van der Waals surface area (Å²) in [6, 6.07) is 17.0. The maximum atomic E-state index is 6.21. The van der Waals surface area contributed by atoms with Crippen LogP contribution in [0.3, 0.4) is 0 Å². The fourth-order valence-electron chi connectivity index (χ4n) is 3.82. The summed E-state index contributed by atoms with van der Waals surface area (Å²) >= 11 is 0. The quantitative estimate of drug-likeness (QED) is 0.552. The number of nitrogens with two attached hydrogens (primary N) is 1. The number of imidazole rings is 1. The van der Waals surface area contributed by atoms with Crippen LogP contribution in [0.4, 0.5) is 0 Å². The van der Waals surface area contributed by atoms with Gasteiger partial charge >= 0.3 is 0 Å². The summed E-state index contributed by atoms with van der Waals surface area (Å²) in [7, 11) is 0. The predicted molar refractivity (Wildman–Crippen MR) is 106 cm³/mol. The monoisotopic (exact) mass is 361 g/mol. The molecule has 2 aromatic carbocycles. The molecule has 5 rings (SSSR count). The van der Waals surface area contributed by atoms with Gasteiger partial charge in [-0.05, 0) is 31.0 Å². The average Bonchev–Trinajstić information content (AvgIpc) is 3.47. The lowest BCUT2D eigenvalue weighted by Gasteiger charge is -2.26. The van der Waals surface area contributed by atoms with Gasteiger partial charge in [0.05, 0.1) is 23.7 Å². The largest absolute Gasteiger partial charge is 0.493 e. The molecule has 0 bridgehead atoms. The molecule has 1 fully saturated rings. The van der Waals surface area contributed by atoms with Gasteiger partial charge in [0.2, 0.25) is 0 Å². The summed E-state index contributed by atoms with van der Waals surface area (Å²) in [5, 5.41) is 3.35. The molecule has 1 saturated carbocycles. The molecule has 1 unspecified atom stereocenters. The third-order valence-electron chi connectivity index (χ3n) is 5.25. The van der Waals surface area contributed by atoms with E-state index >= 15 is 0 Å². The number of rotatable bonds is 4. The van der Waals surface area contributed by atoms with Crippen LogP contribution in [-0.4, -0.2) is 22.1 Å². The first-order valence-corrected chi connectivity index (χ1v) is 9.53. The van der Waals surface area contributed by atoms with Gasteiger partial charge in [-0.3, -0.25) is 0 Å². The highest BCUT2D eigenvalue weighted by molar-refractivity contribution is 5.79. The van der Waals surface area contributed by atoms with Gasteiger partial charge in [0.1, 0.15) is 18.1 Å². The number of hydrogen-bond donors (Lipinski definition) is 2. The summed E-state index contributed by atoms with van der Waals surface area (Å²) in [6.45, 7) is 1.16. The van der Waals surface area contributed by atoms with Crippen molar-refractivity contribution in [2.24, 2.45) is 10.7 Å². The zero-order valence-corrected chi connectivity index (χ0v) is 15.1. The van der Waals surface area contributed by atoms with Crippen LogP contribution in [0.2, 0.25) is 0 Å². The van der Waals surface area contributed by atoms with Crippen LogP contribution in [0.1, 0.15) is 42.7 Å². The van der Waals surface area contributed by atoms with Gasteiger partial charge < -0.3 is 20.4 Å². The van der Waals surface area contributed by atoms with E-state index in [1.807, 2.05) is 24.3 Å². The smallest absolute Gasteiger partial charge is 0.189 e. The lowest BCUT2D eigenvalue weighted by atomic mass is 10.0. The molecule has 27 heavy (non-hydrogen) atoms. The molecule has 3 aromatic rings. The molecule has 6 nitrogen and oxygen atoms in total. The van der Waals surface area contributed by atoms with Crippen molar-refractivity contribution in [2.75, 3.05) is 6.61 Å². The Hall–Kier alpha value is -3.02. The number of aromatic nitrogens is 2. The van der Waals surface area contributed by atoms with Crippen LogP contribution >= 0.6 is 0 Å². The van der Waals surface area contributed by atoms with E-state index in [9.17, 15) is 0 Å². The van der Waals surface area contributed by atoms with Crippen molar-refractivity contribution in [2.45, 2.75) is 37.9 Å². The van der Waals surface area contributed by atoms with Crippen LogP contribution in [0.25, 0.3) is 11.0 Å². The van der Waals surface area contributed by atoms with Crippen molar-refractivity contribution in [1.82, 2.24) is 14.9 Å². The van der Waals surface area contributed by atoms with E-state index in [0.29, 0.717) is 25.2 Å². The number of nitrogens with zero attached hydrogens (tertiary/aromatic N) is 3. The first-order chi connectivity index (χ1) is 13.3. The summed E-state index contributed by atoms with van der Waals surface area (Å²) in [6.07, 6.45) is 3.29. The Bertz CT molecular complexity index is 1000. The molecule has 1 aromatic heterocycles. The van der Waals surface area contributed by atoms with Gasteiger partial charge in [-0.1, -0.05) is 30.3 Å². The molecule has 1 aliphatic carbocycles. The molecule has 0 saturated heterocycles. The van der Waals surface area contributed by atoms with Crippen LogP contribution in [0, 0.1) is 0 Å². The SMILES string of the molecule is NC(=NCc1nc2ccccc2n1C1CC1)NC1CCOc2ccccc21. The summed E-state index contributed by atoms with van der Waals surface area (Å²) in [5.74, 6) is 2.35. The molecule has 0 spiro atoms. The lowest BCUT2D eigenvalue weighted by molar-refractivity contribution is 0.262. The first-order valence-electron chi connectivity index (χ1n) is 9.53. The molecule has 0 radical (unpaired) electrons. The third-order valence-corrected chi connectivity index (χ3v) is 5.25. The van der Waals surface area contributed by atoms with Crippen LogP contribution < -0.4 is 15.8 Å². The van der Waals surface area contributed by atoms with Crippen molar-refractivity contribution in [3.8, 4) is 5.75 Å². The Balaban J connectivity index is 1.36. The van der Waals surface area contributed by atoms with Crippen LogP contribution in [-0.2, 0) is 6.54 Å². The Morgan fingerprint density at radius 1 is 1.15 bits per heavy atom. The number of guanidine groups is 1. The summed E-state index contributed by atoms with van der Waals surface area (Å²) in [5.41, 5.74) is 9.56. The number of benzene rings is 2. The maximum Gasteiger partial charge on any atom is 0.189 e. The van der Waals surface area contributed by atoms with E-state index < -0.39 is 0 Å². The van der Waals surface area contributed by atoms with Gasteiger partial charge in [0, 0.05) is 18.0 Å². The predicted octanol–water partition coefficient (Wildman–Crippen LogP) is 3.30. The Morgan fingerprint density at radius 2 is 1.96 bits per heavy atom. The lowest BCUT2D eigenvalue weighted by Crippen LogP contribution is -2.37. The van der Waals surface area contributed by atoms with Crippen molar-refractivity contribution < 1.29 is 4.74 Å². The van der Waals surface area contributed by atoms with E-state index in [-0.39, 0.29) is 6.04 Å². The van der Waals surface area contributed by atoms with Crippen molar-refractivity contribution >= 4 is 17.0 Å². The fourth-order valence-corrected chi connectivity index (χ4v) is 3.82. The normalized spacial score (nSPS) is 19.6. The highest BCUT2D eigenvalue weighted by Gasteiger charge is 2.28. The van der Waals surface area contributed by atoms with Gasteiger partial charge in [-0.2, -0.15) is 0 Å². The Morgan fingerprint density at radius 3 is 2.85 bits per heavy atom. The molecular formula is C21H23N5O. The summed E-state index contributed by atoms with van der Waals surface area (Å²) in [4.78, 5) is 9.37. The highest BCUT2D eigenvalue weighted by Crippen LogP contribution is 2.38. The van der Waals surface area contributed by atoms with Gasteiger partial charge in [-0.25, -0.2) is 9.98 Å². The minimum atomic E-state index is 0.126. The molecule has 2 aliphatic rings. The van der Waals surface area contributed by atoms with Gasteiger partial charge in [0.15, 0.2) is 5.96 Å². The zero-order chi connectivity index (χ0) is 18.2. The molecule has 1 atom stereocenters. The second-order valence-corrected chi connectivity index (χ2v) is 7.19. The second kappa shape index (κ2) is 6.61. The molecular weight excluding hydrogens is 338 g/mol. The van der Waals surface area contributed by atoms with Crippen molar-refractivity contribution in [1.29, 1.82) is 0 Å². The van der Waals surface area contributed by atoms with Gasteiger partial charge in [-0.15, -0.1) is 0 Å². The van der Waals surface area contributed by atoms with E-state index in [1.54, 1.807) is 0 Å². The molecule has 2 heterocycles. The number of para-hydroxylation sites is 3. The zero-order valence-electron chi connectivity index (χ0n) is 15.1. The van der Waals surface area contributed by atoms with E-state index in [4.69, 9.17) is 15.5 Å². The minimum Gasteiger partial charge on any atom is -0.493 e.